The molecule has 0 spiro atoms. The van der Waals surface area contributed by atoms with E-state index in [1.165, 1.54) is 0 Å². The normalized spacial score (nSPS) is 34.4. The first-order chi connectivity index (χ1) is 9.73. The third kappa shape index (κ3) is 4.38. The third-order valence-electron chi connectivity index (χ3n) is 3.52. The van der Waals surface area contributed by atoms with Gasteiger partial charge in [-0.3, -0.25) is 0 Å². The summed E-state index contributed by atoms with van der Waals surface area (Å²) in [6.45, 7) is 3.17. The van der Waals surface area contributed by atoms with Gasteiger partial charge in [0.1, 0.15) is 24.4 Å². The molecular weight excluding hydrogens is 264 g/mol. The van der Waals surface area contributed by atoms with Gasteiger partial charge in [0.05, 0.1) is 6.61 Å². The Morgan fingerprint density at radius 2 is 1.55 bits per heavy atom. The second-order valence-electron chi connectivity index (χ2n) is 4.82. The van der Waals surface area contributed by atoms with Crippen molar-refractivity contribution in [2.75, 3.05) is 41.7 Å². The van der Waals surface area contributed by atoms with Crippen molar-refractivity contribution in [3.63, 3.8) is 0 Å². The summed E-state index contributed by atoms with van der Waals surface area (Å²) < 4.78 is 33.5. The third-order valence-corrected chi connectivity index (χ3v) is 3.52. The molecule has 1 heterocycles. The van der Waals surface area contributed by atoms with Crippen LogP contribution in [0.4, 0.5) is 0 Å². The minimum absolute atomic E-state index is 0.243. The highest BCUT2D eigenvalue weighted by Gasteiger charge is 2.47. The molecule has 0 bridgehead atoms. The molecule has 0 unspecified atom stereocenters. The lowest BCUT2D eigenvalue weighted by Gasteiger charge is -2.44. The maximum absolute atomic E-state index is 5.94. The summed E-state index contributed by atoms with van der Waals surface area (Å²) in [5, 5.41) is 0. The SMILES string of the molecule is CCCCO[C@@H]1O[C@H](COC)[C@@H](OC)[C@H](OC)[C@H]1OC. The van der Waals surface area contributed by atoms with Crippen molar-refractivity contribution in [1.82, 2.24) is 0 Å². The second kappa shape index (κ2) is 9.65. The molecule has 120 valence electrons. The Balaban J connectivity index is 2.77. The fraction of sp³-hybridized carbons (Fsp3) is 1.00. The van der Waals surface area contributed by atoms with Crippen molar-refractivity contribution in [1.29, 1.82) is 0 Å². The zero-order valence-corrected chi connectivity index (χ0v) is 13.2. The minimum Gasteiger partial charge on any atom is -0.382 e. The smallest absolute Gasteiger partial charge is 0.186 e. The molecule has 0 aromatic carbocycles. The van der Waals surface area contributed by atoms with E-state index >= 15 is 0 Å². The van der Waals surface area contributed by atoms with Crippen molar-refractivity contribution in [2.24, 2.45) is 0 Å². The Hall–Kier alpha value is -0.240. The fourth-order valence-corrected chi connectivity index (χ4v) is 2.46. The second-order valence-corrected chi connectivity index (χ2v) is 4.82. The van der Waals surface area contributed by atoms with Crippen LogP contribution in [0, 0.1) is 0 Å². The molecule has 0 aromatic rings. The van der Waals surface area contributed by atoms with Gasteiger partial charge in [-0.05, 0) is 6.42 Å². The summed E-state index contributed by atoms with van der Waals surface area (Å²) in [5.74, 6) is 0. The average molecular weight is 292 g/mol. The molecule has 0 saturated carbocycles. The highest BCUT2D eigenvalue weighted by Crippen LogP contribution is 2.28. The van der Waals surface area contributed by atoms with Crippen molar-refractivity contribution >= 4 is 0 Å². The fourth-order valence-electron chi connectivity index (χ4n) is 2.46. The molecule has 0 N–H and O–H groups in total. The Morgan fingerprint density at radius 3 is 2.05 bits per heavy atom. The van der Waals surface area contributed by atoms with Gasteiger partial charge in [-0.2, -0.15) is 0 Å². The monoisotopic (exact) mass is 292 g/mol. The molecule has 1 aliphatic heterocycles. The first kappa shape index (κ1) is 17.8. The Labute approximate surface area is 121 Å². The molecule has 1 aliphatic rings. The van der Waals surface area contributed by atoms with Gasteiger partial charge < -0.3 is 28.4 Å². The summed E-state index contributed by atoms with van der Waals surface area (Å²) in [6.07, 6.45) is 0.504. The molecule has 1 saturated heterocycles. The van der Waals surface area contributed by atoms with Gasteiger partial charge in [0.25, 0.3) is 0 Å². The Bertz CT molecular complexity index is 250. The molecule has 0 aliphatic carbocycles. The van der Waals surface area contributed by atoms with Crippen molar-refractivity contribution in [3.8, 4) is 0 Å². The van der Waals surface area contributed by atoms with E-state index in [0.717, 1.165) is 12.8 Å². The van der Waals surface area contributed by atoms with Crippen molar-refractivity contribution in [2.45, 2.75) is 50.5 Å². The van der Waals surface area contributed by atoms with E-state index in [1.54, 1.807) is 28.4 Å². The minimum atomic E-state index is -0.469. The molecule has 1 rings (SSSR count). The standard InChI is InChI=1S/C14H28O6/c1-6-7-8-19-14-13(18-5)12(17-4)11(16-3)10(20-14)9-15-2/h10-14H,6-9H2,1-5H3/t10-,11-,12+,13-,14-/m1/s1. The summed E-state index contributed by atoms with van der Waals surface area (Å²) in [5.41, 5.74) is 0. The predicted molar refractivity (Wildman–Crippen MR) is 73.8 cm³/mol. The summed E-state index contributed by atoms with van der Waals surface area (Å²) in [6, 6.07) is 0. The molecule has 5 atom stereocenters. The lowest BCUT2D eigenvalue weighted by Crippen LogP contribution is -2.61. The number of hydrogen-bond acceptors (Lipinski definition) is 6. The summed E-state index contributed by atoms with van der Waals surface area (Å²) >= 11 is 0. The van der Waals surface area contributed by atoms with E-state index in [4.69, 9.17) is 28.4 Å². The number of ether oxygens (including phenoxy) is 6. The Morgan fingerprint density at radius 1 is 0.900 bits per heavy atom. The zero-order valence-electron chi connectivity index (χ0n) is 13.2. The molecule has 0 radical (unpaired) electrons. The number of hydrogen-bond donors (Lipinski definition) is 0. The first-order valence-corrected chi connectivity index (χ1v) is 7.07. The largest absolute Gasteiger partial charge is 0.382 e. The first-order valence-electron chi connectivity index (χ1n) is 7.07. The highest BCUT2D eigenvalue weighted by atomic mass is 16.7. The van der Waals surface area contributed by atoms with Crippen LogP contribution in [-0.2, 0) is 28.4 Å². The molecule has 0 amide bonds. The molecule has 1 fully saturated rings. The number of methoxy groups -OCH3 is 4. The summed E-state index contributed by atoms with van der Waals surface area (Å²) in [7, 11) is 6.53. The lowest BCUT2D eigenvalue weighted by atomic mass is 9.98. The van der Waals surface area contributed by atoms with Gasteiger partial charge in [-0.1, -0.05) is 13.3 Å². The maximum Gasteiger partial charge on any atom is 0.186 e. The zero-order chi connectivity index (χ0) is 15.0. The molecule has 20 heavy (non-hydrogen) atoms. The Kier molecular flexibility index (Phi) is 8.60. The van der Waals surface area contributed by atoms with Gasteiger partial charge in [0.15, 0.2) is 6.29 Å². The van der Waals surface area contributed by atoms with E-state index in [2.05, 4.69) is 6.92 Å². The van der Waals surface area contributed by atoms with E-state index in [9.17, 15) is 0 Å². The van der Waals surface area contributed by atoms with Crippen LogP contribution in [0.25, 0.3) is 0 Å². The van der Waals surface area contributed by atoms with E-state index in [-0.39, 0.29) is 24.4 Å². The molecule has 0 aromatic heterocycles. The topological polar surface area (TPSA) is 55.4 Å². The van der Waals surface area contributed by atoms with Crippen LogP contribution < -0.4 is 0 Å². The quantitative estimate of drug-likeness (QED) is 0.596. The molecule has 6 nitrogen and oxygen atoms in total. The average Bonchev–Trinajstić information content (AvgIpc) is 2.47. The predicted octanol–water partition coefficient (Wildman–Crippen LogP) is 1.22. The molecule has 6 heteroatoms. The van der Waals surface area contributed by atoms with Crippen LogP contribution in [0.15, 0.2) is 0 Å². The number of unbranched alkanes of at least 4 members (excludes halogenated alkanes) is 1. The van der Waals surface area contributed by atoms with Crippen molar-refractivity contribution in [3.05, 3.63) is 0 Å². The highest BCUT2D eigenvalue weighted by molar-refractivity contribution is 4.92. The van der Waals surface area contributed by atoms with Crippen molar-refractivity contribution < 1.29 is 28.4 Å². The van der Waals surface area contributed by atoms with E-state index in [1.807, 2.05) is 0 Å². The maximum atomic E-state index is 5.94. The van der Waals surface area contributed by atoms with Gasteiger partial charge in [-0.15, -0.1) is 0 Å². The van der Waals surface area contributed by atoms with Gasteiger partial charge in [-0.25, -0.2) is 0 Å². The van der Waals surface area contributed by atoms with Crippen LogP contribution in [0.5, 0.6) is 0 Å². The summed E-state index contributed by atoms with van der Waals surface area (Å²) in [4.78, 5) is 0. The van der Waals surface area contributed by atoms with Crippen LogP contribution >= 0.6 is 0 Å². The lowest BCUT2D eigenvalue weighted by molar-refractivity contribution is -0.313. The van der Waals surface area contributed by atoms with Crippen LogP contribution in [0.2, 0.25) is 0 Å². The van der Waals surface area contributed by atoms with Crippen LogP contribution in [-0.4, -0.2) is 72.4 Å². The van der Waals surface area contributed by atoms with Crippen LogP contribution in [0.3, 0.4) is 0 Å². The van der Waals surface area contributed by atoms with Gasteiger partial charge >= 0.3 is 0 Å². The van der Waals surface area contributed by atoms with E-state index < -0.39 is 6.29 Å². The van der Waals surface area contributed by atoms with Gasteiger partial charge in [0, 0.05) is 35.0 Å². The van der Waals surface area contributed by atoms with E-state index in [0.29, 0.717) is 13.2 Å². The molecular formula is C14H28O6. The van der Waals surface area contributed by atoms with Gasteiger partial charge in [0.2, 0.25) is 0 Å². The number of rotatable bonds is 9. The van der Waals surface area contributed by atoms with Crippen LogP contribution in [0.1, 0.15) is 19.8 Å².